The molecule has 0 radical (unpaired) electrons. The number of pyridine rings is 1. The fourth-order valence-electron chi connectivity index (χ4n) is 3.91. The summed E-state index contributed by atoms with van der Waals surface area (Å²) in [6, 6.07) is 4.02. The van der Waals surface area contributed by atoms with Gasteiger partial charge in [-0.2, -0.15) is 10.1 Å². The van der Waals surface area contributed by atoms with Gasteiger partial charge in [0.25, 0.3) is 0 Å². The Kier molecular flexibility index (Phi) is 4.08. The van der Waals surface area contributed by atoms with Crippen LogP contribution in [-0.4, -0.2) is 36.5 Å². The topological polar surface area (TPSA) is 70.9 Å². The van der Waals surface area contributed by atoms with Gasteiger partial charge in [-0.1, -0.05) is 12.7 Å². The summed E-state index contributed by atoms with van der Waals surface area (Å²) in [6.07, 6.45) is 9.79. The maximum Gasteiger partial charge on any atom is 0.248 e. The quantitative estimate of drug-likeness (QED) is 0.516. The second-order valence-electron chi connectivity index (χ2n) is 7.48. The van der Waals surface area contributed by atoms with Gasteiger partial charge >= 0.3 is 0 Å². The van der Waals surface area contributed by atoms with E-state index in [0.29, 0.717) is 24.4 Å². The first kappa shape index (κ1) is 17.8. The predicted molar refractivity (Wildman–Crippen MR) is 109 cm³/mol. The molecule has 1 aliphatic carbocycles. The molecule has 0 atom stereocenters. The summed E-state index contributed by atoms with van der Waals surface area (Å²) in [7, 11) is 0. The maximum absolute atomic E-state index is 13.3. The van der Waals surface area contributed by atoms with Gasteiger partial charge in [-0.05, 0) is 30.5 Å². The van der Waals surface area contributed by atoms with E-state index >= 15 is 0 Å². The van der Waals surface area contributed by atoms with Gasteiger partial charge in [0, 0.05) is 54.0 Å². The van der Waals surface area contributed by atoms with Gasteiger partial charge in [-0.3, -0.25) is 0 Å². The van der Waals surface area contributed by atoms with Crippen LogP contribution in [0, 0.1) is 0 Å². The fourth-order valence-corrected chi connectivity index (χ4v) is 3.91. The molecular weight excluding hydrogens is 374 g/mol. The molecule has 5 rings (SSSR count). The van der Waals surface area contributed by atoms with Crippen LogP contribution in [0.15, 0.2) is 43.5 Å². The van der Waals surface area contributed by atoms with Gasteiger partial charge in [-0.15, -0.1) is 0 Å². The molecule has 6 nitrogen and oxygen atoms in total. The third-order valence-electron chi connectivity index (χ3n) is 5.56. The van der Waals surface area contributed by atoms with Gasteiger partial charge in [0.15, 0.2) is 0 Å². The first-order valence-electron chi connectivity index (χ1n) is 9.61. The third-order valence-corrected chi connectivity index (χ3v) is 5.56. The molecule has 0 unspecified atom stereocenters. The van der Waals surface area contributed by atoms with E-state index in [1.165, 1.54) is 0 Å². The second-order valence-corrected chi connectivity index (χ2v) is 7.48. The van der Waals surface area contributed by atoms with Gasteiger partial charge in [0.05, 0.1) is 11.7 Å². The molecule has 0 aliphatic heterocycles. The largest absolute Gasteiger partial charge is 0.351 e. The zero-order chi connectivity index (χ0) is 20.0. The number of anilines is 1. The minimum atomic E-state index is -2.54. The third kappa shape index (κ3) is 3.24. The Morgan fingerprint density at radius 3 is 2.90 bits per heavy atom. The molecule has 29 heavy (non-hydrogen) atoms. The molecule has 4 aromatic rings. The first-order chi connectivity index (χ1) is 14.0. The molecule has 4 aromatic heterocycles. The SMILES string of the molecule is C=Cc1cnn2ccc(-c3c[nH]c4nc(NC5CCC(F)(F)CC5)ncc34)cc12. The van der Waals surface area contributed by atoms with Crippen LogP contribution in [0.4, 0.5) is 14.7 Å². The van der Waals surface area contributed by atoms with Crippen LogP contribution in [0.5, 0.6) is 0 Å². The molecule has 1 saturated carbocycles. The summed E-state index contributed by atoms with van der Waals surface area (Å²) in [5.41, 5.74) is 4.65. The van der Waals surface area contributed by atoms with Crippen molar-refractivity contribution in [1.82, 2.24) is 24.6 Å². The lowest BCUT2D eigenvalue weighted by atomic mass is 9.92. The molecule has 148 valence electrons. The van der Waals surface area contributed by atoms with Gasteiger partial charge in [0.1, 0.15) is 5.65 Å². The van der Waals surface area contributed by atoms with Crippen molar-refractivity contribution in [3.63, 3.8) is 0 Å². The number of fused-ring (bicyclic) bond motifs is 2. The Balaban J connectivity index is 1.43. The minimum Gasteiger partial charge on any atom is -0.351 e. The van der Waals surface area contributed by atoms with Crippen molar-refractivity contribution in [2.75, 3.05) is 5.32 Å². The van der Waals surface area contributed by atoms with Crippen molar-refractivity contribution in [1.29, 1.82) is 0 Å². The molecule has 8 heteroatoms. The number of aromatic nitrogens is 5. The summed E-state index contributed by atoms with van der Waals surface area (Å²) in [5, 5.41) is 8.40. The van der Waals surface area contributed by atoms with E-state index in [9.17, 15) is 8.78 Å². The normalized spacial score (nSPS) is 17.0. The van der Waals surface area contributed by atoms with Crippen LogP contribution in [-0.2, 0) is 0 Å². The number of hydrogen-bond acceptors (Lipinski definition) is 4. The Labute approximate surface area is 165 Å². The van der Waals surface area contributed by atoms with Crippen LogP contribution in [0.25, 0.3) is 33.8 Å². The van der Waals surface area contributed by atoms with Crippen molar-refractivity contribution in [2.45, 2.75) is 37.6 Å². The van der Waals surface area contributed by atoms with Gasteiger partial charge in [-0.25, -0.2) is 18.3 Å². The van der Waals surface area contributed by atoms with E-state index in [1.807, 2.05) is 23.0 Å². The van der Waals surface area contributed by atoms with Crippen molar-refractivity contribution < 1.29 is 8.78 Å². The monoisotopic (exact) mass is 394 g/mol. The molecule has 0 saturated heterocycles. The van der Waals surface area contributed by atoms with E-state index in [1.54, 1.807) is 18.5 Å². The van der Waals surface area contributed by atoms with Gasteiger partial charge in [0.2, 0.25) is 11.9 Å². The Morgan fingerprint density at radius 2 is 2.10 bits per heavy atom. The summed E-state index contributed by atoms with van der Waals surface area (Å²) < 4.78 is 28.5. The summed E-state index contributed by atoms with van der Waals surface area (Å²) in [4.78, 5) is 12.2. The van der Waals surface area contributed by atoms with Crippen molar-refractivity contribution >= 4 is 28.6 Å². The van der Waals surface area contributed by atoms with E-state index in [-0.39, 0.29) is 18.9 Å². The Morgan fingerprint density at radius 1 is 1.28 bits per heavy atom. The van der Waals surface area contributed by atoms with Crippen molar-refractivity contribution in [3.05, 3.63) is 49.1 Å². The second kappa shape index (κ2) is 6.65. The number of hydrogen-bond donors (Lipinski definition) is 2. The minimum absolute atomic E-state index is 0.0249. The van der Waals surface area contributed by atoms with Crippen molar-refractivity contribution in [3.8, 4) is 11.1 Å². The number of rotatable bonds is 4. The van der Waals surface area contributed by atoms with E-state index in [4.69, 9.17) is 0 Å². The zero-order valence-corrected chi connectivity index (χ0v) is 15.7. The fraction of sp³-hybridized carbons (Fsp3) is 0.286. The van der Waals surface area contributed by atoms with Gasteiger partial charge < -0.3 is 10.3 Å². The lowest BCUT2D eigenvalue weighted by Gasteiger charge is -2.28. The average molecular weight is 394 g/mol. The van der Waals surface area contributed by atoms with E-state index in [2.05, 4.69) is 38.0 Å². The summed E-state index contributed by atoms with van der Waals surface area (Å²) in [6.45, 7) is 3.83. The number of alkyl halides is 2. The smallest absolute Gasteiger partial charge is 0.248 e. The number of halogens is 2. The van der Waals surface area contributed by atoms with Crippen LogP contribution >= 0.6 is 0 Å². The first-order valence-corrected chi connectivity index (χ1v) is 9.61. The molecule has 0 spiro atoms. The van der Waals surface area contributed by atoms with Crippen LogP contribution in [0.1, 0.15) is 31.2 Å². The number of nitrogens with zero attached hydrogens (tertiary/aromatic N) is 4. The predicted octanol–water partition coefficient (Wildman–Crippen LogP) is 4.91. The number of H-pyrrole nitrogens is 1. The van der Waals surface area contributed by atoms with E-state index < -0.39 is 5.92 Å². The Bertz CT molecular complexity index is 1200. The van der Waals surface area contributed by atoms with Crippen LogP contribution in [0.3, 0.4) is 0 Å². The molecule has 2 N–H and O–H groups in total. The zero-order valence-electron chi connectivity index (χ0n) is 15.7. The highest BCUT2D eigenvalue weighted by Gasteiger charge is 2.35. The number of nitrogens with one attached hydrogen (secondary N) is 2. The average Bonchev–Trinajstić information content (AvgIpc) is 3.32. The highest BCUT2D eigenvalue weighted by atomic mass is 19.3. The number of aromatic amines is 1. The molecule has 1 aliphatic rings. The molecule has 0 aromatic carbocycles. The molecule has 0 bridgehead atoms. The molecule has 0 amide bonds. The van der Waals surface area contributed by atoms with Crippen LogP contribution in [0.2, 0.25) is 0 Å². The van der Waals surface area contributed by atoms with Crippen molar-refractivity contribution in [2.24, 2.45) is 0 Å². The molecular formula is C21H20F2N6. The highest BCUT2D eigenvalue weighted by Crippen LogP contribution is 2.34. The standard InChI is InChI=1S/C21H20F2N6/c1-2-13-10-26-29-8-5-14(9-18(13)29)16-11-24-19-17(16)12-25-20(28-19)27-15-3-6-21(22,23)7-4-15/h2,5,8-12,15H,1,3-4,6-7H2,(H2,24,25,27,28). The van der Waals surface area contributed by atoms with Crippen LogP contribution < -0.4 is 5.32 Å². The molecule has 4 heterocycles. The lowest BCUT2D eigenvalue weighted by molar-refractivity contribution is -0.0361. The highest BCUT2D eigenvalue weighted by molar-refractivity contribution is 5.94. The molecule has 1 fully saturated rings. The maximum atomic E-state index is 13.3. The Hall–Kier alpha value is -3.29. The summed E-state index contributed by atoms with van der Waals surface area (Å²) in [5.74, 6) is -2.08. The lowest BCUT2D eigenvalue weighted by Crippen LogP contribution is -2.32. The van der Waals surface area contributed by atoms with E-state index in [0.717, 1.165) is 27.6 Å². The summed E-state index contributed by atoms with van der Waals surface area (Å²) >= 11 is 0.